The first kappa shape index (κ1) is 14.3. The molecule has 9 heteroatoms. The number of carbonyl (C=O) groups excluding carboxylic acids is 1. The Morgan fingerprint density at radius 1 is 1.30 bits per heavy atom. The number of hydrogen-bond acceptors (Lipinski definition) is 4. The van der Waals surface area contributed by atoms with Crippen LogP contribution in [0.3, 0.4) is 0 Å². The van der Waals surface area contributed by atoms with Crippen molar-refractivity contribution in [3.8, 4) is 0 Å². The third kappa shape index (κ3) is 2.87. The lowest BCUT2D eigenvalue weighted by atomic mass is 10.3. The summed E-state index contributed by atoms with van der Waals surface area (Å²) >= 11 is 0.822. The van der Waals surface area contributed by atoms with E-state index in [9.17, 15) is 22.8 Å². The van der Waals surface area contributed by atoms with E-state index in [0.29, 0.717) is 10.2 Å². The lowest BCUT2D eigenvalue weighted by Crippen LogP contribution is -2.44. The van der Waals surface area contributed by atoms with Crippen LogP contribution in [-0.4, -0.2) is 34.7 Å². The first-order valence-corrected chi connectivity index (χ1v) is 6.07. The fraction of sp³-hybridized carbons (Fsp3) is 0.182. The van der Waals surface area contributed by atoms with Gasteiger partial charge in [0, 0.05) is 0 Å². The molecule has 20 heavy (non-hydrogen) atoms. The molecule has 0 fully saturated rings. The summed E-state index contributed by atoms with van der Waals surface area (Å²) in [5.41, 5.74) is 0.401. The Labute approximate surface area is 114 Å². The maximum atomic E-state index is 12.5. The largest absolute Gasteiger partial charge is 0.480 e. The number of aromatic nitrogens is 1. The number of para-hydroxylation sites is 1. The molecule has 0 atom stereocenters. The van der Waals surface area contributed by atoms with Crippen molar-refractivity contribution in [3.05, 3.63) is 24.3 Å². The van der Waals surface area contributed by atoms with Crippen LogP contribution in [0.25, 0.3) is 10.2 Å². The number of carboxylic acid groups (broad SMARTS) is 1. The molecular weight excluding hydrogens is 297 g/mol. The highest BCUT2D eigenvalue weighted by molar-refractivity contribution is 7.22. The van der Waals surface area contributed by atoms with Crippen molar-refractivity contribution in [2.24, 2.45) is 0 Å². The molecule has 2 rings (SSSR count). The zero-order valence-corrected chi connectivity index (χ0v) is 10.5. The summed E-state index contributed by atoms with van der Waals surface area (Å²) in [6.45, 7) is -1.10. The van der Waals surface area contributed by atoms with Gasteiger partial charge in [-0.3, -0.25) is 14.5 Å². The molecule has 0 aliphatic rings. The average molecular weight is 304 g/mol. The van der Waals surface area contributed by atoms with E-state index in [-0.39, 0.29) is 10.0 Å². The number of halogens is 3. The SMILES string of the molecule is O=C(O)CN(C(=O)C(F)(F)F)c1nc2ccccc2s1. The monoisotopic (exact) mass is 304 g/mol. The molecule has 0 aliphatic carbocycles. The van der Waals surface area contributed by atoms with Gasteiger partial charge >= 0.3 is 18.1 Å². The van der Waals surface area contributed by atoms with Crippen LogP contribution in [0.5, 0.6) is 0 Å². The Balaban J connectivity index is 2.45. The van der Waals surface area contributed by atoms with Crippen LogP contribution < -0.4 is 4.90 Å². The Morgan fingerprint density at radius 2 is 1.95 bits per heavy atom. The van der Waals surface area contributed by atoms with Gasteiger partial charge in [-0.05, 0) is 12.1 Å². The quantitative estimate of drug-likeness (QED) is 0.944. The summed E-state index contributed by atoms with van der Waals surface area (Å²) in [5, 5.41) is 8.35. The first-order valence-electron chi connectivity index (χ1n) is 5.25. The summed E-state index contributed by atoms with van der Waals surface area (Å²) in [6, 6.07) is 6.48. The molecule has 0 radical (unpaired) electrons. The van der Waals surface area contributed by atoms with Crippen molar-refractivity contribution in [2.75, 3.05) is 11.4 Å². The second-order valence-corrected chi connectivity index (χ2v) is 4.76. The van der Waals surface area contributed by atoms with Gasteiger partial charge in [-0.2, -0.15) is 13.2 Å². The maximum Gasteiger partial charge on any atom is 0.471 e. The standard InChI is InChI=1S/C11H7F3N2O3S/c12-11(13,14)9(19)16(5-8(17)18)10-15-6-3-1-2-4-7(6)20-10/h1-4H,5H2,(H,17,18). The number of carbonyl (C=O) groups is 2. The summed E-state index contributed by atoms with van der Waals surface area (Å²) < 4.78 is 38.0. The number of amides is 1. The zero-order valence-electron chi connectivity index (χ0n) is 9.72. The van der Waals surface area contributed by atoms with Crippen molar-refractivity contribution in [1.82, 2.24) is 4.98 Å². The van der Waals surface area contributed by atoms with Gasteiger partial charge in [0.25, 0.3) is 0 Å². The Hall–Kier alpha value is -2.16. The molecular formula is C11H7F3N2O3S. The van der Waals surface area contributed by atoms with Crippen LogP contribution in [-0.2, 0) is 9.59 Å². The highest BCUT2D eigenvalue weighted by Gasteiger charge is 2.44. The number of nitrogens with zero attached hydrogens (tertiary/aromatic N) is 2. The van der Waals surface area contributed by atoms with Gasteiger partial charge in [0.05, 0.1) is 10.2 Å². The second-order valence-electron chi connectivity index (χ2n) is 3.75. The maximum absolute atomic E-state index is 12.5. The highest BCUT2D eigenvalue weighted by atomic mass is 32.1. The van der Waals surface area contributed by atoms with Gasteiger partial charge < -0.3 is 5.11 Å². The predicted molar refractivity (Wildman–Crippen MR) is 65.7 cm³/mol. The van der Waals surface area contributed by atoms with E-state index in [1.54, 1.807) is 24.3 Å². The third-order valence-corrected chi connectivity index (χ3v) is 3.35. The fourth-order valence-corrected chi connectivity index (χ4v) is 2.45. The van der Waals surface area contributed by atoms with Gasteiger partial charge in [0.1, 0.15) is 6.54 Å². The number of alkyl halides is 3. The van der Waals surface area contributed by atoms with Crippen LogP contribution in [0.4, 0.5) is 18.3 Å². The van der Waals surface area contributed by atoms with Crippen molar-refractivity contribution in [3.63, 3.8) is 0 Å². The number of carboxylic acids is 1. The fourth-order valence-electron chi connectivity index (χ4n) is 1.49. The lowest BCUT2D eigenvalue weighted by Gasteiger charge is -2.18. The lowest BCUT2D eigenvalue weighted by molar-refractivity contribution is -0.170. The molecule has 0 saturated carbocycles. The second kappa shape index (κ2) is 5.08. The van der Waals surface area contributed by atoms with Crippen molar-refractivity contribution >= 4 is 38.6 Å². The molecule has 1 heterocycles. The molecule has 5 nitrogen and oxygen atoms in total. The zero-order chi connectivity index (χ0) is 14.9. The topological polar surface area (TPSA) is 70.5 Å². The number of rotatable bonds is 3. The number of hydrogen-bond donors (Lipinski definition) is 1. The normalized spacial score (nSPS) is 11.6. The molecule has 2 aromatic rings. The average Bonchev–Trinajstić information content (AvgIpc) is 2.77. The van der Waals surface area contributed by atoms with Crippen molar-refractivity contribution in [1.29, 1.82) is 0 Å². The van der Waals surface area contributed by atoms with Crippen LogP contribution in [0.1, 0.15) is 0 Å². The molecule has 0 bridgehead atoms. The summed E-state index contributed by atoms with van der Waals surface area (Å²) in [4.78, 5) is 25.9. The Bertz CT molecular complexity index is 635. The molecule has 0 spiro atoms. The van der Waals surface area contributed by atoms with Gasteiger partial charge in [0.2, 0.25) is 0 Å². The number of aliphatic carboxylic acids is 1. The van der Waals surface area contributed by atoms with E-state index in [1.165, 1.54) is 0 Å². The third-order valence-electron chi connectivity index (χ3n) is 2.29. The van der Waals surface area contributed by atoms with Gasteiger partial charge in [0.15, 0.2) is 5.13 Å². The number of thiazole rings is 1. The predicted octanol–water partition coefficient (Wildman–Crippen LogP) is 2.28. The number of fused-ring (bicyclic) bond motifs is 1. The molecule has 1 aromatic heterocycles. The number of anilines is 1. The van der Waals surface area contributed by atoms with E-state index in [0.717, 1.165) is 11.3 Å². The van der Waals surface area contributed by atoms with E-state index in [2.05, 4.69) is 4.98 Å². The molecule has 0 saturated heterocycles. The molecule has 0 unspecified atom stereocenters. The molecule has 1 N–H and O–H groups in total. The minimum absolute atomic E-state index is 0.118. The Morgan fingerprint density at radius 3 is 2.50 bits per heavy atom. The van der Waals surface area contributed by atoms with Gasteiger partial charge in [-0.1, -0.05) is 23.5 Å². The van der Waals surface area contributed by atoms with Crippen molar-refractivity contribution in [2.45, 2.75) is 6.18 Å². The van der Waals surface area contributed by atoms with E-state index < -0.39 is 24.6 Å². The molecule has 106 valence electrons. The first-order chi connectivity index (χ1) is 9.29. The highest BCUT2D eigenvalue weighted by Crippen LogP contribution is 2.31. The summed E-state index contributed by atoms with van der Waals surface area (Å²) in [7, 11) is 0. The molecule has 1 amide bonds. The van der Waals surface area contributed by atoms with Crippen molar-refractivity contribution < 1.29 is 27.9 Å². The Kier molecular flexibility index (Phi) is 3.62. The smallest absolute Gasteiger partial charge is 0.471 e. The molecule has 1 aromatic carbocycles. The van der Waals surface area contributed by atoms with Crippen LogP contribution in [0.2, 0.25) is 0 Å². The van der Waals surface area contributed by atoms with E-state index in [4.69, 9.17) is 5.11 Å². The van der Waals surface area contributed by atoms with Crippen LogP contribution in [0, 0.1) is 0 Å². The van der Waals surface area contributed by atoms with Gasteiger partial charge in [-0.25, -0.2) is 4.98 Å². The van der Waals surface area contributed by atoms with E-state index >= 15 is 0 Å². The molecule has 0 aliphatic heterocycles. The van der Waals surface area contributed by atoms with Crippen LogP contribution >= 0.6 is 11.3 Å². The minimum atomic E-state index is -5.16. The number of benzene rings is 1. The minimum Gasteiger partial charge on any atom is -0.480 e. The van der Waals surface area contributed by atoms with Gasteiger partial charge in [-0.15, -0.1) is 0 Å². The van der Waals surface area contributed by atoms with Crippen LogP contribution in [0.15, 0.2) is 24.3 Å². The summed E-state index contributed by atoms with van der Waals surface area (Å²) in [5.74, 6) is -3.80. The van der Waals surface area contributed by atoms with E-state index in [1.807, 2.05) is 0 Å². The summed E-state index contributed by atoms with van der Waals surface area (Å²) in [6.07, 6.45) is -5.16.